The lowest BCUT2D eigenvalue weighted by Crippen LogP contribution is -2.48. The molecule has 0 aliphatic carbocycles. The molecule has 0 fully saturated rings. The SMILES string of the molecule is CC(C)C(C)(O)CNC(=O)C(=O)NCCCc1ccccc1. The normalized spacial score (nSPS) is 13.5. The molecular formula is C17H26N2O3. The topological polar surface area (TPSA) is 78.4 Å². The minimum absolute atomic E-state index is 0.0123. The molecule has 1 atom stereocenters. The standard InChI is InChI=1S/C17H26N2O3/c1-13(2)17(3,22)12-19-16(21)15(20)18-11-7-10-14-8-5-4-6-9-14/h4-6,8-9,13,22H,7,10-12H2,1-3H3,(H,18,20)(H,19,21). The number of aryl methyl sites for hydroxylation is 1. The number of hydrogen-bond acceptors (Lipinski definition) is 3. The fraction of sp³-hybridized carbons (Fsp3) is 0.529. The lowest BCUT2D eigenvalue weighted by atomic mass is 9.92. The van der Waals surface area contributed by atoms with Crippen LogP contribution in [-0.2, 0) is 16.0 Å². The van der Waals surface area contributed by atoms with Gasteiger partial charge in [0.25, 0.3) is 0 Å². The fourth-order valence-electron chi connectivity index (χ4n) is 1.76. The zero-order valence-electron chi connectivity index (χ0n) is 13.6. The molecule has 1 aromatic carbocycles. The Bertz CT molecular complexity index is 484. The van der Waals surface area contributed by atoms with Crippen LogP contribution in [-0.4, -0.2) is 35.6 Å². The molecule has 0 aliphatic heterocycles. The van der Waals surface area contributed by atoms with Gasteiger partial charge in [0.2, 0.25) is 0 Å². The van der Waals surface area contributed by atoms with Crippen molar-refractivity contribution in [3.63, 3.8) is 0 Å². The van der Waals surface area contributed by atoms with Crippen molar-refractivity contribution in [1.29, 1.82) is 0 Å². The van der Waals surface area contributed by atoms with Crippen LogP contribution in [0.4, 0.5) is 0 Å². The highest BCUT2D eigenvalue weighted by Crippen LogP contribution is 2.14. The van der Waals surface area contributed by atoms with Gasteiger partial charge in [-0.2, -0.15) is 0 Å². The van der Waals surface area contributed by atoms with E-state index in [0.29, 0.717) is 6.54 Å². The molecule has 122 valence electrons. The molecule has 0 aliphatic rings. The van der Waals surface area contributed by atoms with Crippen molar-refractivity contribution in [2.24, 2.45) is 5.92 Å². The Balaban J connectivity index is 2.23. The Morgan fingerprint density at radius 2 is 1.73 bits per heavy atom. The maximum atomic E-state index is 11.6. The zero-order chi connectivity index (χ0) is 16.6. The first-order valence-electron chi connectivity index (χ1n) is 7.65. The molecule has 22 heavy (non-hydrogen) atoms. The number of rotatable bonds is 7. The van der Waals surface area contributed by atoms with Crippen LogP contribution in [0.5, 0.6) is 0 Å². The number of hydrogen-bond donors (Lipinski definition) is 3. The second-order valence-electron chi connectivity index (χ2n) is 6.04. The minimum atomic E-state index is -1.02. The summed E-state index contributed by atoms with van der Waals surface area (Å²) >= 11 is 0. The van der Waals surface area contributed by atoms with E-state index in [9.17, 15) is 14.7 Å². The van der Waals surface area contributed by atoms with Crippen LogP contribution in [0.1, 0.15) is 32.8 Å². The van der Waals surface area contributed by atoms with Crippen LogP contribution >= 0.6 is 0 Å². The summed E-state index contributed by atoms with van der Waals surface area (Å²) in [6, 6.07) is 9.97. The van der Waals surface area contributed by atoms with Gasteiger partial charge in [0.15, 0.2) is 0 Å². The molecule has 3 N–H and O–H groups in total. The van der Waals surface area contributed by atoms with E-state index < -0.39 is 17.4 Å². The Morgan fingerprint density at radius 3 is 2.32 bits per heavy atom. The molecule has 0 aromatic heterocycles. The molecule has 2 amide bonds. The van der Waals surface area contributed by atoms with Crippen molar-refractivity contribution < 1.29 is 14.7 Å². The molecule has 0 bridgehead atoms. The molecule has 0 radical (unpaired) electrons. The second kappa shape index (κ2) is 8.54. The van der Waals surface area contributed by atoms with Crippen LogP contribution in [0.3, 0.4) is 0 Å². The van der Waals surface area contributed by atoms with Crippen molar-refractivity contribution in [2.75, 3.05) is 13.1 Å². The van der Waals surface area contributed by atoms with E-state index in [1.165, 1.54) is 5.56 Å². The van der Waals surface area contributed by atoms with Gasteiger partial charge >= 0.3 is 11.8 Å². The van der Waals surface area contributed by atoms with Crippen LogP contribution < -0.4 is 10.6 Å². The Morgan fingerprint density at radius 1 is 1.14 bits per heavy atom. The van der Waals surface area contributed by atoms with Gasteiger partial charge in [-0.1, -0.05) is 44.2 Å². The average molecular weight is 306 g/mol. The van der Waals surface area contributed by atoms with E-state index in [-0.39, 0.29) is 12.5 Å². The third-order valence-electron chi connectivity index (χ3n) is 3.83. The molecule has 0 spiro atoms. The first-order chi connectivity index (χ1) is 10.3. The van der Waals surface area contributed by atoms with Crippen LogP contribution in [0.25, 0.3) is 0 Å². The van der Waals surface area contributed by atoms with Gasteiger partial charge in [-0.3, -0.25) is 9.59 Å². The molecular weight excluding hydrogens is 280 g/mol. The molecule has 1 unspecified atom stereocenters. The highest BCUT2D eigenvalue weighted by Gasteiger charge is 2.26. The molecule has 0 saturated heterocycles. The minimum Gasteiger partial charge on any atom is -0.388 e. The van der Waals surface area contributed by atoms with Gasteiger partial charge in [0.05, 0.1) is 5.60 Å². The van der Waals surface area contributed by atoms with Gasteiger partial charge in [-0.15, -0.1) is 0 Å². The lowest BCUT2D eigenvalue weighted by molar-refractivity contribution is -0.140. The van der Waals surface area contributed by atoms with Crippen LogP contribution in [0.2, 0.25) is 0 Å². The Hall–Kier alpha value is -1.88. The lowest BCUT2D eigenvalue weighted by Gasteiger charge is -2.27. The largest absolute Gasteiger partial charge is 0.388 e. The summed E-state index contributed by atoms with van der Waals surface area (Å²) < 4.78 is 0. The summed E-state index contributed by atoms with van der Waals surface area (Å²) in [5, 5.41) is 15.1. The number of benzene rings is 1. The second-order valence-corrected chi connectivity index (χ2v) is 6.04. The third-order valence-corrected chi connectivity index (χ3v) is 3.83. The average Bonchev–Trinajstić information content (AvgIpc) is 2.50. The van der Waals surface area contributed by atoms with Crippen molar-refractivity contribution >= 4 is 11.8 Å². The summed E-state index contributed by atoms with van der Waals surface area (Å²) in [6.07, 6.45) is 1.62. The maximum Gasteiger partial charge on any atom is 0.309 e. The van der Waals surface area contributed by atoms with E-state index in [1.54, 1.807) is 6.92 Å². The summed E-state index contributed by atoms with van der Waals surface area (Å²) in [5.41, 5.74) is 0.178. The number of aliphatic hydroxyl groups is 1. The first kappa shape index (κ1) is 18.2. The predicted octanol–water partition coefficient (Wildman–Crippen LogP) is 1.26. The van der Waals surface area contributed by atoms with Crippen molar-refractivity contribution in [3.8, 4) is 0 Å². The first-order valence-corrected chi connectivity index (χ1v) is 7.65. The van der Waals surface area contributed by atoms with Gasteiger partial charge in [-0.05, 0) is 31.2 Å². The van der Waals surface area contributed by atoms with Gasteiger partial charge in [0, 0.05) is 13.1 Å². The van der Waals surface area contributed by atoms with Gasteiger partial charge in [-0.25, -0.2) is 0 Å². The smallest absolute Gasteiger partial charge is 0.309 e. The summed E-state index contributed by atoms with van der Waals surface area (Å²) in [5.74, 6) is -1.38. The van der Waals surface area contributed by atoms with Gasteiger partial charge < -0.3 is 15.7 Å². The molecule has 0 saturated carbocycles. The summed E-state index contributed by atoms with van der Waals surface area (Å²) in [6.45, 7) is 5.85. The highest BCUT2D eigenvalue weighted by molar-refractivity contribution is 6.35. The maximum absolute atomic E-state index is 11.6. The number of amides is 2. The fourth-order valence-corrected chi connectivity index (χ4v) is 1.76. The van der Waals surface area contributed by atoms with E-state index >= 15 is 0 Å². The predicted molar refractivity (Wildman–Crippen MR) is 86.2 cm³/mol. The number of carbonyl (C=O) groups excluding carboxylic acids is 2. The summed E-state index contributed by atoms with van der Waals surface area (Å²) in [4.78, 5) is 23.3. The molecule has 5 nitrogen and oxygen atoms in total. The molecule has 1 aromatic rings. The molecule has 0 heterocycles. The molecule has 1 rings (SSSR count). The quantitative estimate of drug-likeness (QED) is 0.524. The van der Waals surface area contributed by atoms with Crippen LogP contribution in [0.15, 0.2) is 30.3 Å². The van der Waals surface area contributed by atoms with E-state index in [1.807, 2.05) is 44.2 Å². The monoisotopic (exact) mass is 306 g/mol. The zero-order valence-corrected chi connectivity index (χ0v) is 13.6. The third kappa shape index (κ3) is 6.26. The van der Waals surface area contributed by atoms with E-state index in [4.69, 9.17) is 0 Å². The van der Waals surface area contributed by atoms with Crippen molar-refractivity contribution in [1.82, 2.24) is 10.6 Å². The summed E-state index contributed by atoms with van der Waals surface area (Å²) in [7, 11) is 0. The Labute approximate surface area is 132 Å². The molecule has 5 heteroatoms. The van der Waals surface area contributed by atoms with Gasteiger partial charge in [0.1, 0.15) is 0 Å². The van der Waals surface area contributed by atoms with E-state index in [0.717, 1.165) is 12.8 Å². The Kier molecular flexibility index (Phi) is 7.05. The highest BCUT2D eigenvalue weighted by atomic mass is 16.3. The van der Waals surface area contributed by atoms with Crippen molar-refractivity contribution in [3.05, 3.63) is 35.9 Å². The van der Waals surface area contributed by atoms with Crippen LogP contribution in [0, 0.1) is 5.92 Å². The number of nitrogens with one attached hydrogen (secondary N) is 2. The van der Waals surface area contributed by atoms with Crippen molar-refractivity contribution in [2.45, 2.75) is 39.2 Å². The number of carbonyl (C=O) groups is 2. The van der Waals surface area contributed by atoms with E-state index in [2.05, 4.69) is 10.6 Å².